The lowest BCUT2D eigenvalue weighted by molar-refractivity contribution is 0.206. The minimum absolute atomic E-state index is 0.269. The number of phenols is 1. The highest BCUT2D eigenvalue weighted by Crippen LogP contribution is 2.43. The van der Waals surface area contributed by atoms with Crippen LogP contribution in [-0.2, 0) is 0 Å². The third-order valence-electron chi connectivity index (χ3n) is 5.01. The van der Waals surface area contributed by atoms with Crippen LogP contribution in [0.1, 0.15) is 57.6 Å². The van der Waals surface area contributed by atoms with Crippen LogP contribution in [0.15, 0.2) is 18.2 Å². The molecule has 1 aliphatic heterocycles. The van der Waals surface area contributed by atoms with Crippen LogP contribution in [-0.4, -0.2) is 18.3 Å². The summed E-state index contributed by atoms with van der Waals surface area (Å²) < 4.78 is 5.70. The molecule has 1 aliphatic carbocycles. The first kappa shape index (κ1) is 14.7. The van der Waals surface area contributed by atoms with Crippen molar-refractivity contribution >= 4 is 0 Å². The van der Waals surface area contributed by atoms with Crippen molar-refractivity contribution in [2.24, 2.45) is 11.3 Å². The summed E-state index contributed by atoms with van der Waals surface area (Å²) in [5, 5.41) is 13.3. The molecule has 2 N–H and O–H groups in total. The van der Waals surface area contributed by atoms with E-state index in [2.05, 4.69) is 19.2 Å². The number of ether oxygens (including phenoxy) is 1. The molecule has 0 aromatic heterocycles. The van der Waals surface area contributed by atoms with E-state index in [0.717, 1.165) is 18.2 Å². The van der Waals surface area contributed by atoms with E-state index in [1.165, 1.54) is 37.7 Å². The number of hydrogen-bond acceptors (Lipinski definition) is 3. The van der Waals surface area contributed by atoms with Crippen molar-refractivity contribution in [2.75, 3.05) is 13.2 Å². The first-order valence-electron chi connectivity index (χ1n) is 8.27. The molecule has 3 nitrogen and oxygen atoms in total. The average Bonchev–Trinajstić information content (AvgIpc) is 3.03. The van der Waals surface area contributed by atoms with Gasteiger partial charge in [0.25, 0.3) is 0 Å². The molecule has 2 aliphatic rings. The predicted molar refractivity (Wildman–Crippen MR) is 84.7 cm³/mol. The van der Waals surface area contributed by atoms with Crippen molar-refractivity contribution in [3.8, 4) is 11.5 Å². The van der Waals surface area contributed by atoms with E-state index in [1.807, 2.05) is 6.07 Å². The van der Waals surface area contributed by atoms with E-state index in [9.17, 15) is 5.11 Å². The molecule has 3 rings (SSSR count). The van der Waals surface area contributed by atoms with Gasteiger partial charge in [0.2, 0.25) is 0 Å². The summed E-state index contributed by atoms with van der Waals surface area (Å²) in [6.45, 7) is 6.42. The van der Waals surface area contributed by atoms with Crippen LogP contribution in [0.4, 0.5) is 0 Å². The molecule has 21 heavy (non-hydrogen) atoms. The Kier molecular flexibility index (Phi) is 4.12. The highest BCUT2D eigenvalue weighted by atomic mass is 16.5. The quantitative estimate of drug-likeness (QED) is 0.860. The summed E-state index contributed by atoms with van der Waals surface area (Å²) in [6, 6.07) is 5.72. The predicted octanol–water partition coefficient (Wildman–Crippen LogP) is 4.02. The maximum atomic E-state index is 9.52. The van der Waals surface area contributed by atoms with Crippen molar-refractivity contribution in [1.82, 2.24) is 5.32 Å². The number of aromatic hydroxyl groups is 1. The minimum Gasteiger partial charge on any atom is -0.508 e. The molecule has 1 unspecified atom stereocenters. The molecule has 0 radical (unpaired) electrons. The summed E-state index contributed by atoms with van der Waals surface area (Å²) in [6.07, 6.45) is 6.78. The normalized spacial score (nSPS) is 23.3. The van der Waals surface area contributed by atoms with Gasteiger partial charge in [-0.3, -0.25) is 0 Å². The Balaban J connectivity index is 1.65. The Morgan fingerprint density at radius 2 is 2.10 bits per heavy atom. The van der Waals surface area contributed by atoms with E-state index < -0.39 is 0 Å². The van der Waals surface area contributed by atoms with E-state index in [-0.39, 0.29) is 11.8 Å². The molecule has 1 aromatic rings. The lowest BCUT2D eigenvalue weighted by atomic mass is 9.78. The topological polar surface area (TPSA) is 41.5 Å². The van der Waals surface area contributed by atoms with Crippen molar-refractivity contribution < 1.29 is 9.84 Å². The van der Waals surface area contributed by atoms with Gasteiger partial charge < -0.3 is 15.2 Å². The Morgan fingerprint density at radius 1 is 1.33 bits per heavy atom. The Hall–Kier alpha value is -1.22. The zero-order chi connectivity index (χ0) is 14.9. The van der Waals surface area contributed by atoms with Gasteiger partial charge in [-0.2, -0.15) is 0 Å². The molecule has 116 valence electrons. The van der Waals surface area contributed by atoms with Crippen LogP contribution < -0.4 is 10.1 Å². The van der Waals surface area contributed by atoms with Crippen LogP contribution in [0.5, 0.6) is 11.5 Å². The Bertz CT molecular complexity index is 492. The smallest absolute Gasteiger partial charge is 0.127 e. The highest BCUT2D eigenvalue weighted by molar-refractivity contribution is 5.44. The molecular formula is C18H27NO2. The fourth-order valence-electron chi connectivity index (χ4n) is 4.15. The summed E-state index contributed by atoms with van der Waals surface area (Å²) >= 11 is 0. The summed E-state index contributed by atoms with van der Waals surface area (Å²) in [7, 11) is 0. The molecule has 0 spiro atoms. The molecule has 3 heteroatoms. The lowest BCUT2D eigenvalue weighted by Crippen LogP contribution is -2.36. The van der Waals surface area contributed by atoms with Crippen LogP contribution in [0, 0.1) is 11.3 Å². The van der Waals surface area contributed by atoms with Crippen LogP contribution in [0.2, 0.25) is 0 Å². The zero-order valence-electron chi connectivity index (χ0n) is 13.2. The first-order valence-corrected chi connectivity index (χ1v) is 8.27. The summed E-state index contributed by atoms with van der Waals surface area (Å²) in [4.78, 5) is 0. The highest BCUT2D eigenvalue weighted by Gasteiger charge is 2.35. The Morgan fingerprint density at radius 3 is 2.81 bits per heavy atom. The number of nitrogens with one attached hydrogen (secondary N) is 1. The molecular weight excluding hydrogens is 262 g/mol. The Labute approximate surface area is 127 Å². The van der Waals surface area contributed by atoms with E-state index >= 15 is 0 Å². The molecule has 1 saturated carbocycles. The van der Waals surface area contributed by atoms with Crippen LogP contribution >= 0.6 is 0 Å². The number of rotatable bonds is 5. The summed E-state index contributed by atoms with van der Waals surface area (Å²) in [5.41, 5.74) is 1.67. The third-order valence-corrected chi connectivity index (χ3v) is 5.01. The van der Waals surface area contributed by atoms with E-state index in [0.29, 0.717) is 12.0 Å². The lowest BCUT2D eigenvalue weighted by Gasteiger charge is -2.32. The first-order chi connectivity index (χ1) is 10.1. The maximum absolute atomic E-state index is 9.52. The molecule has 1 atom stereocenters. The zero-order valence-corrected chi connectivity index (χ0v) is 13.2. The summed E-state index contributed by atoms with van der Waals surface area (Å²) in [5.74, 6) is 1.87. The third kappa shape index (κ3) is 3.18. The molecule has 1 aromatic carbocycles. The number of benzene rings is 1. The largest absolute Gasteiger partial charge is 0.508 e. The van der Waals surface area contributed by atoms with Crippen molar-refractivity contribution in [3.05, 3.63) is 23.8 Å². The molecule has 0 bridgehead atoms. The molecule has 0 saturated heterocycles. The van der Waals surface area contributed by atoms with Gasteiger partial charge >= 0.3 is 0 Å². The SMILES string of the molecule is CC(C)CC1(CNC2COc3cc(O)ccc32)CCCC1. The van der Waals surface area contributed by atoms with Gasteiger partial charge in [-0.15, -0.1) is 0 Å². The second kappa shape index (κ2) is 5.88. The fourth-order valence-corrected chi connectivity index (χ4v) is 4.15. The van der Waals surface area contributed by atoms with Gasteiger partial charge in [0, 0.05) is 18.2 Å². The minimum atomic E-state index is 0.269. The van der Waals surface area contributed by atoms with Gasteiger partial charge in [-0.05, 0) is 42.7 Å². The van der Waals surface area contributed by atoms with E-state index in [4.69, 9.17) is 4.74 Å². The van der Waals surface area contributed by atoms with Crippen LogP contribution in [0.25, 0.3) is 0 Å². The van der Waals surface area contributed by atoms with E-state index in [1.54, 1.807) is 12.1 Å². The number of hydrogen-bond donors (Lipinski definition) is 2. The molecule has 0 amide bonds. The van der Waals surface area contributed by atoms with Crippen LogP contribution in [0.3, 0.4) is 0 Å². The maximum Gasteiger partial charge on any atom is 0.127 e. The van der Waals surface area contributed by atoms with Crippen molar-refractivity contribution in [1.29, 1.82) is 0 Å². The number of fused-ring (bicyclic) bond motifs is 1. The van der Waals surface area contributed by atoms with Gasteiger partial charge in [-0.25, -0.2) is 0 Å². The average molecular weight is 289 g/mol. The molecule has 1 fully saturated rings. The second-order valence-electron chi connectivity index (χ2n) is 7.27. The standard InChI is InChI=1S/C18H27NO2/c1-13(2)10-18(7-3-4-8-18)12-19-16-11-21-17-9-14(20)5-6-15(16)17/h5-6,9,13,16,19-20H,3-4,7-8,10-12H2,1-2H3. The van der Waals surface area contributed by atoms with Gasteiger partial charge in [0.15, 0.2) is 0 Å². The van der Waals surface area contributed by atoms with Gasteiger partial charge in [-0.1, -0.05) is 26.7 Å². The van der Waals surface area contributed by atoms with Crippen molar-refractivity contribution in [3.63, 3.8) is 0 Å². The number of phenolic OH excluding ortho intramolecular Hbond substituents is 1. The molecule has 1 heterocycles. The van der Waals surface area contributed by atoms with Gasteiger partial charge in [0.1, 0.15) is 18.1 Å². The van der Waals surface area contributed by atoms with Crippen molar-refractivity contribution in [2.45, 2.75) is 52.0 Å². The monoisotopic (exact) mass is 289 g/mol. The van der Waals surface area contributed by atoms with Gasteiger partial charge in [0.05, 0.1) is 6.04 Å². The fraction of sp³-hybridized carbons (Fsp3) is 0.667. The second-order valence-corrected chi connectivity index (χ2v) is 7.27.